The van der Waals surface area contributed by atoms with Crippen molar-refractivity contribution in [2.24, 2.45) is 0 Å². The number of halogens is 1. The summed E-state index contributed by atoms with van der Waals surface area (Å²) in [7, 11) is -3.86. The van der Waals surface area contributed by atoms with Gasteiger partial charge in [0.15, 0.2) is 0 Å². The molecule has 2 N–H and O–H groups in total. The second kappa shape index (κ2) is 7.97. The maximum Gasteiger partial charge on any atom is 0.241 e. The van der Waals surface area contributed by atoms with Crippen LogP contribution < -0.4 is 10.0 Å². The van der Waals surface area contributed by atoms with E-state index in [1.807, 2.05) is 12.1 Å². The predicted molar refractivity (Wildman–Crippen MR) is 96.8 cm³/mol. The number of sulfonamides is 1. The van der Waals surface area contributed by atoms with Gasteiger partial charge in [-0.15, -0.1) is 11.3 Å². The van der Waals surface area contributed by atoms with Gasteiger partial charge in [0.05, 0.1) is 32.9 Å². The van der Waals surface area contributed by atoms with Crippen molar-refractivity contribution in [2.75, 3.05) is 0 Å². The van der Waals surface area contributed by atoms with Crippen LogP contribution in [0, 0.1) is 11.3 Å². The van der Waals surface area contributed by atoms with Crippen LogP contribution in [0.15, 0.2) is 41.3 Å². The predicted octanol–water partition coefficient (Wildman–Crippen LogP) is 2.82. The van der Waals surface area contributed by atoms with E-state index in [1.54, 1.807) is 13.0 Å². The van der Waals surface area contributed by atoms with Crippen LogP contribution in [-0.4, -0.2) is 20.4 Å². The molecule has 1 aromatic heterocycles. The number of hydrogen-bond acceptors (Lipinski definition) is 5. The van der Waals surface area contributed by atoms with Gasteiger partial charge in [0.2, 0.25) is 15.9 Å². The Labute approximate surface area is 155 Å². The van der Waals surface area contributed by atoms with Gasteiger partial charge in [-0.05, 0) is 50.2 Å². The third-order valence-corrected chi connectivity index (χ3v) is 6.37. The largest absolute Gasteiger partial charge is 0.347 e. The number of nitrogens with one attached hydrogen (secondary N) is 2. The Balaban J connectivity index is 2.02. The lowest BCUT2D eigenvalue weighted by Gasteiger charge is -2.18. The zero-order chi connectivity index (χ0) is 18.6. The Morgan fingerprint density at radius 1 is 1.20 bits per heavy atom. The summed E-state index contributed by atoms with van der Waals surface area (Å²) in [5.74, 6) is -0.450. The van der Waals surface area contributed by atoms with E-state index in [9.17, 15) is 13.2 Å². The topological polar surface area (TPSA) is 99.1 Å². The van der Waals surface area contributed by atoms with Crippen LogP contribution in [0.4, 0.5) is 0 Å². The molecule has 0 aliphatic heterocycles. The first-order chi connectivity index (χ1) is 11.7. The molecule has 0 saturated heterocycles. The standard InChI is InChI=1S/C16H16ClN3O3S2/c1-10(14-7-8-15(17)24-14)19-16(21)11(2)20-25(22,23)13-5-3-12(9-18)4-6-13/h3-8,10-11,20H,1-2H3,(H,19,21). The molecule has 2 rings (SSSR count). The van der Waals surface area contributed by atoms with Gasteiger partial charge in [0, 0.05) is 4.88 Å². The van der Waals surface area contributed by atoms with Crippen molar-refractivity contribution >= 4 is 38.9 Å². The van der Waals surface area contributed by atoms with E-state index in [-0.39, 0.29) is 10.9 Å². The molecule has 2 unspecified atom stereocenters. The van der Waals surface area contributed by atoms with E-state index in [2.05, 4.69) is 10.0 Å². The van der Waals surface area contributed by atoms with Gasteiger partial charge in [-0.1, -0.05) is 11.6 Å². The van der Waals surface area contributed by atoms with E-state index in [0.29, 0.717) is 9.90 Å². The summed E-state index contributed by atoms with van der Waals surface area (Å²) in [6.07, 6.45) is 0. The molecule has 6 nitrogen and oxygen atoms in total. The molecule has 1 aromatic carbocycles. The van der Waals surface area contributed by atoms with E-state index < -0.39 is 22.0 Å². The Morgan fingerprint density at radius 3 is 2.36 bits per heavy atom. The first kappa shape index (κ1) is 19.4. The van der Waals surface area contributed by atoms with E-state index in [1.165, 1.54) is 42.5 Å². The number of rotatable bonds is 6. The number of nitriles is 1. The normalized spacial score (nSPS) is 13.7. The van der Waals surface area contributed by atoms with Gasteiger partial charge < -0.3 is 5.32 Å². The maximum atomic E-state index is 12.3. The molecule has 2 aromatic rings. The van der Waals surface area contributed by atoms with E-state index in [0.717, 1.165) is 4.88 Å². The third kappa shape index (κ3) is 5.03. The third-order valence-electron chi connectivity index (χ3n) is 3.40. The fourth-order valence-corrected chi connectivity index (χ4v) is 4.30. The molecule has 2 atom stereocenters. The maximum absolute atomic E-state index is 12.3. The monoisotopic (exact) mass is 397 g/mol. The smallest absolute Gasteiger partial charge is 0.241 e. The first-order valence-electron chi connectivity index (χ1n) is 7.31. The highest BCUT2D eigenvalue weighted by Crippen LogP contribution is 2.26. The summed E-state index contributed by atoms with van der Waals surface area (Å²) in [5, 5.41) is 11.5. The van der Waals surface area contributed by atoms with Crippen LogP contribution in [0.3, 0.4) is 0 Å². The van der Waals surface area contributed by atoms with E-state index >= 15 is 0 Å². The molecule has 0 aliphatic carbocycles. The molecule has 0 aliphatic rings. The summed E-state index contributed by atoms with van der Waals surface area (Å²) in [4.78, 5) is 13.1. The van der Waals surface area contributed by atoms with Crippen molar-refractivity contribution < 1.29 is 13.2 Å². The fourth-order valence-electron chi connectivity index (χ4n) is 2.03. The molecule has 1 heterocycles. The van der Waals surface area contributed by atoms with Gasteiger partial charge in [0.25, 0.3) is 0 Å². The lowest BCUT2D eigenvalue weighted by molar-refractivity contribution is -0.122. The Kier molecular flexibility index (Phi) is 6.19. The second-order valence-electron chi connectivity index (χ2n) is 5.35. The summed E-state index contributed by atoms with van der Waals surface area (Å²) in [5.41, 5.74) is 0.355. The Morgan fingerprint density at radius 2 is 1.84 bits per heavy atom. The number of carbonyl (C=O) groups is 1. The molecule has 132 valence electrons. The van der Waals surface area contributed by atoms with Crippen LogP contribution in [0.2, 0.25) is 4.34 Å². The van der Waals surface area contributed by atoms with Crippen LogP contribution >= 0.6 is 22.9 Å². The fraction of sp³-hybridized carbons (Fsp3) is 0.250. The molecule has 1 amide bonds. The highest BCUT2D eigenvalue weighted by Gasteiger charge is 2.23. The summed E-state index contributed by atoms with van der Waals surface area (Å²) in [6.45, 7) is 3.26. The average Bonchev–Trinajstić information content (AvgIpc) is 3.01. The Bertz CT molecular complexity index is 901. The summed E-state index contributed by atoms with van der Waals surface area (Å²) < 4.78 is 27.6. The van der Waals surface area contributed by atoms with Crippen LogP contribution in [-0.2, 0) is 14.8 Å². The minimum Gasteiger partial charge on any atom is -0.347 e. The van der Waals surface area contributed by atoms with Crippen molar-refractivity contribution in [3.8, 4) is 6.07 Å². The number of nitrogens with zero attached hydrogens (tertiary/aromatic N) is 1. The zero-order valence-corrected chi connectivity index (χ0v) is 15.9. The number of amides is 1. The zero-order valence-electron chi connectivity index (χ0n) is 13.5. The summed E-state index contributed by atoms with van der Waals surface area (Å²) >= 11 is 7.22. The van der Waals surface area contributed by atoms with Crippen molar-refractivity contribution in [3.63, 3.8) is 0 Å². The molecule has 0 spiro atoms. The number of hydrogen-bond donors (Lipinski definition) is 2. The van der Waals surface area contributed by atoms with Gasteiger partial charge in [0.1, 0.15) is 0 Å². The van der Waals surface area contributed by atoms with Gasteiger partial charge >= 0.3 is 0 Å². The molecule has 9 heteroatoms. The minimum atomic E-state index is -3.86. The lowest BCUT2D eigenvalue weighted by atomic mass is 10.2. The van der Waals surface area contributed by atoms with Crippen molar-refractivity contribution in [1.29, 1.82) is 5.26 Å². The van der Waals surface area contributed by atoms with Gasteiger partial charge in [-0.2, -0.15) is 9.98 Å². The molecule has 0 saturated carbocycles. The van der Waals surface area contributed by atoms with Crippen LogP contribution in [0.25, 0.3) is 0 Å². The van der Waals surface area contributed by atoms with Crippen LogP contribution in [0.5, 0.6) is 0 Å². The van der Waals surface area contributed by atoms with Gasteiger partial charge in [-0.25, -0.2) is 8.42 Å². The lowest BCUT2D eigenvalue weighted by Crippen LogP contribution is -2.45. The molecule has 0 bridgehead atoms. The number of carbonyl (C=O) groups excluding carboxylic acids is 1. The van der Waals surface area contributed by atoms with Crippen molar-refractivity contribution in [1.82, 2.24) is 10.0 Å². The average molecular weight is 398 g/mol. The molecular weight excluding hydrogens is 382 g/mol. The van der Waals surface area contributed by atoms with Crippen molar-refractivity contribution in [3.05, 3.63) is 51.2 Å². The quantitative estimate of drug-likeness (QED) is 0.782. The van der Waals surface area contributed by atoms with Gasteiger partial charge in [-0.3, -0.25) is 4.79 Å². The van der Waals surface area contributed by atoms with E-state index in [4.69, 9.17) is 16.9 Å². The van der Waals surface area contributed by atoms with Crippen LogP contribution in [0.1, 0.15) is 30.3 Å². The minimum absolute atomic E-state index is 0.00997. The van der Waals surface area contributed by atoms with Crippen molar-refractivity contribution in [2.45, 2.75) is 30.8 Å². The molecule has 0 radical (unpaired) electrons. The highest BCUT2D eigenvalue weighted by molar-refractivity contribution is 7.89. The molecule has 0 fully saturated rings. The second-order valence-corrected chi connectivity index (χ2v) is 8.81. The number of thiophene rings is 1. The highest BCUT2D eigenvalue weighted by atomic mass is 35.5. The molecule has 25 heavy (non-hydrogen) atoms. The summed E-state index contributed by atoms with van der Waals surface area (Å²) in [6, 6.07) is 9.67. The SMILES string of the molecule is CC(NS(=O)(=O)c1ccc(C#N)cc1)C(=O)NC(C)c1ccc(Cl)s1. The number of benzene rings is 1. The Hall–Kier alpha value is -1.92. The first-order valence-corrected chi connectivity index (χ1v) is 9.99. The molecular formula is C16H16ClN3O3S2.